The van der Waals surface area contributed by atoms with E-state index < -0.39 is 5.97 Å². The van der Waals surface area contributed by atoms with Crippen LogP contribution in [0.5, 0.6) is 0 Å². The number of ether oxygens (including phenoxy) is 1. The van der Waals surface area contributed by atoms with Crippen molar-refractivity contribution in [2.75, 3.05) is 13.2 Å². The van der Waals surface area contributed by atoms with Gasteiger partial charge in [0.1, 0.15) is 11.4 Å². The number of nitrogens with zero attached hydrogens (tertiary/aromatic N) is 2. The Labute approximate surface area is 143 Å². The standard InChI is InChI=1S/C17H18N2O4S/c20-16(14-6-1-7-15(18-14)17(21)22)19(10-12-4-2-8-23-12)11-13-5-3-9-24-13/h1,3,5-7,9,12H,2,4,8,10-11H2,(H,21,22). The Bertz CT molecular complexity index is 711. The zero-order chi connectivity index (χ0) is 16.9. The van der Waals surface area contributed by atoms with Gasteiger partial charge in [-0.3, -0.25) is 4.79 Å². The minimum atomic E-state index is -1.14. The van der Waals surface area contributed by atoms with Crippen LogP contribution in [0.15, 0.2) is 35.7 Å². The molecule has 2 aromatic heterocycles. The predicted octanol–water partition coefficient (Wildman–Crippen LogP) is 2.66. The average Bonchev–Trinajstić information content (AvgIpc) is 3.27. The number of carboxylic acids is 1. The lowest BCUT2D eigenvalue weighted by molar-refractivity contribution is 0.0505. The molecule has 126 valence electrons. The fourth-order valence-electron chi connectivity index (χ4n) is 2.68. The fourth-order valence-corrected chi connectivity index (χ4v) is 3.40. The van der Waals surface area contributed by atoms with E-state index in [2.05, 4.69) is 4.98 Å². The summed E-state index contributed by atoms with van der Waals surface area (Å²) in [4.78, 5) is 30.7. The molecule has 0 bridgehead atoms. The van der Waals surface area contributed by atoms with Crippen molar-refractivity contribution in [2.45, 2.75) is 25.5 Å². The van der Waals surface area contributed by atoms with Gasteiger partial charge in [-0.05, 0) is 36.4 Å². The first-order chi connectivity index (χ1) is 11.6. The first-order valence-corrected chi connectivity index (χ1v) is 8.65. The van der Waals surface area contributed by atoms with Crippen LogP contribution >= 0.6 is 11.3 Å². The van der Waals surface area contributed by atoms with Crippen molar-refractivity contribution in [1.82, 2.24) is 9.88 Å². The van der Waals surface area contributed by atoms with Crippen molar-refractivity contribution in [2.24, 2.45) is 0 Å². The summed E-state index contributed by atoms with van der Waals surface area (Å²) in [6, 6.07) is 8.38. The zero-order valence-corrected chi connectivity index (χ0v) is 13.9. The summed E-state index contributed by atoms with van der Waals surface area (Å²) in [6.45, 7) is 1.67. The Morgan fingerprint density at radius 2 is 2.12 bits per heavy atom. The van der Waals surface area contributed by atoms with Crippen molar-refractivity contribution >= 4 is 23.2 Å². The molecule has 1 unspecified atom stereocenters. The summed E-state index contributed by atoms with van der Waals surface area (Å²) in [6.07, 6.45) is 1.95. The minimum absolute atomic E-state index is 0.0246. The number of thiophene rings is 1. The zero-order valence-electron chi connectivity index (χ0n) is 13.1. The van der Waals surface area contributed by atoms with Gasteiger partial charge < -0.3 is 14.7 Å². The van der Waals surface area contributed by atoms with Gasteiger partial charge in [-0.1, -0.05) is 12.1 Å². The lowest BCUT2D eigenvalue weighted by Gasteiger charge is -2.24. The molecule has 6 nitrogen and oxygen atoms in total. The number of carboxylic acid groups (broad SMARTS) is 1. The van der Waals surface area contributed by atoms with Crippen LogP contribution < -0.4 is 0 Å². The third-order valence-electron chi connectivity index (χ3n) is 3.85. The summed E-state index contributed by atoms with van der Waals surface area (Å²) in [5.41, 5.74) is 0.0125. The molecule has 1 saturated heterocycles. The van der Waals surface area contributed by atoms with Crippen LogP contribution in [0, 0.1) is 0 Å². The van der Waals surface area contributed by atoms with Crippen molar-refractivity contribution in [3.8, 4) is 0 Å². The molecule has 1 fully saturated rings. The van der Waals surface area contributed by atoms with Crippen LogP contribution in [0.1, 0.15) is 38.7 Å². The van der Waals surface area contributed by atoms with E-state index in [0.717, 1.165) is 24.3 Å². The van der Waals surface area contributed by atoms with Gasteiger partial charge in [-0.2, -0.15) is 0 Å². The van der Waals surface area contributed by atoms with E-state index >= 15 is 0 Å². The fraction of sp³-hybridized carbons (Fsp3) is 0.353. The van der Waals surface area contributed by atoms with Gasteiger partial charge in [-0.15, -0.1) is 11.3 Å². The lowest BCUT2D eigenvalue weighted by Crippen LogP contribution is -2.37. The van der Waals surface area contributed by atoms with Gasteiger partial charge in [0.25, 0.3) is 5.91 Å². The SMILES string of the molecule is O=C(O)c1cccc(C(=O)N(Cc2cccs2)CC2CCCO2)n1. The Balaban J connectivity index is 1.81. The molecule has 0 radical (unpaired) electrons. The van der Waals surface area contributed by atoms with Crippen LogP contribution in [0.25, 0.3) is 0 Å². The molecule has 0 aromatic carbocycles. The highest BCUT2D eigenvalue weighted by Crippen LogP contribution is 2.19. The van der Waals surface area contributed by atoms with E-state index in [0.29, 0.717) is 13.1 Å². The maximum absolute atomic E-state index is 12.9. The number of aromatic nitrogens is 1. The smallest absolute Gasteiger partial charge is 0.354 e. The molecular formula is C17H18N2O4S. The molecule has 24 heavy (non-hydrogen) atoms. The second-order valence-corrected chi connectivity index (χ2v) is 6.65. The summed E-state index contributed by atoms with van der Waals surface area (Å²) in [5, 5.41) is 11.0. The number of aromatic carboxylic acids is 1. The maximum atomic E-state index is 12.9. The Hall–Kier alpha value is -2.25. The third kappa shape index (κ3) is 3.98. The quantitative estimate of drug-likeness (QED) is 0.870. The molecule has 2 aromatic rings. The minimum Gasteiger partial charge on any atom is -0.477 e. The van der Waals surface area contributed by atoms with Gasteiger partial charge in [0.15, 0.2) is 0 Å². The number of hydrogen-bond donors (Lipinski definition) is 1. The van der Waals surface area contributed by atoms with E-state index in [1.807, 2.05) is 17.5 Å². The van der Waals surface area contributed by atoms with Crippen molar-refractivity contribution in [3.63, 3.8) is 0 Å². The summed E-state index contributed by atoms with van der Waals surface area (Å²) in [7, 11) is 0. The molecule has 1 aliphatic heterocycles. The van der Waals surface area contributed by atoms with Crippen LogP contribution in [0.3, 0.4) is 0 Å². The molecule has 3 rings (SSSR count). The number of pyridine rings is 1. The predicted molar refractivity (Wildman–Crippen MR) is 89.2 cm³/mol. The van der Waals surface area contributed by atoms with Gasteiger partial charge in [0.2, 0.25) is 0 Å². The molecule has 7 heteroatoms. The van der Waals surface area contributed by atoms with Crippen molar-refractivity contribution < 1.29 is 19.4 Å². The highest BCUT2D eigenvalue weighted by molar-refractivity contribution is 7.09. The topological polar surface area (TPSA) is 79.7 Å². The van der Waals surface area contributed by atoms with Crippen molar-refractivity contribution in [3.05, 3.63) is 52.0 Å². The molecule has 1 amide bonds. The monoisotopic (exact) mass is 346 g/mol. The van der Waals surface area contributed by atoms with Gasteiger partial charge in [0.05, 0.1) is 12.6 Å². The molecule has 1 aliphatic rings. The van der Waals surface area contributed by atoms with Gasteiger partial charge >= 0.3 is 5.97 Å². The molecule has 1 atom stereocenters. The second kappa shape index (κ2) is 7.55. The molecule has 1 N–H and O–H groups in total. The molecule has 3 heterocycles. The molecular weight excluding hydrogens is 328 g/mol. The van der Waals surface area contributed by atoms with Gasteiger partial charge in [-0.25, -0.2) is 9.78 Å². The number of hydrogen-bond acceptors (Lipinski definition) is 5. The number of amides is 1. The Kier molecular flexibility index (Phi) is 5.22. The van der Waals surface area contributed by atoms with E-state index in [1.54, 1.807) is 28.4 Å². The van der Waals surface area contributed by atoms with E-state index in [-0.39, 0.29) is 23.4 Å². The number of carbonyl (C=O) groups is 2. The highest BCUT2D eigenvalue weighted by Gasteiger charge is 2.25. The third-order valence-corrected chi connectivity index (χ3v) is 4.71. The van der Waals surface area contributed by atoms with Crippen LogP contribution in [0.2, 0.25) is 0 Å². The first-order valence-electron chi connectivity index (χ1n) is 7.77. The van der Waals surface area contributed by atoms with Gasteiger partial charge in [0, 0.05) is 18.0 Å². The van der Waals surface area contributed by atoms with Crippen LogP contribution in [0.4, 0.5) is 0 Å². The van der Waals surface area contributed by atoms with Crippen LogP contribution in [-0.2, 0) is 11.3 Å². The molecule has 0 spiro atoms. The van der Waals surface area contributed by atoms with E-state index in [4.69, 9.17) is 9.84 Å². The van der Waals surface area contributed by atoms with Crippen LogP contribution in [-0.4, -0.2) is 46.1 Å². The molecule has 0 saturated carbocycles. The largest absolute Gasteiger partial charge is 0.477 e. The summed E-state index contributed by atoms with van der Waals surface area (Å²) in [5.74, 6) is -1.42. The van der Waals surface area contributed by atoms with E-state index in [9.17, 15) is 9.59 Å². The number of rotatable bonds is 6. The summed E-state index contributed by atoms with van der Waals surface area (Å²) >= 11 is 1.58. The average molecular weight is 346 g/mol. The number of carbonyl (C=O) groups excluding carboxylic acids is 1. The normalized spacial score (nSPS) is 16.9. The lowest BCUT2D eigenvalue weighted by atomic mass is 10.2. The molecule has 0 aliphatic carbocycles. The maximum Gasteiger partial charge on any atom is 0.354 e. The van der Waals surface area contributed by atoms with Crippen molar-refractivity contribution in [1.29, 1.82) is 0 Å². The Morgan fingerprint density at radius 1 is 1.29 bits per heavy atom. The summed E-state index contributed by atoms with van der Waals surface area (Å²) < 4.78 is 5.65. The second-order valence-electron chi connectivity index (χ2n) is 5.61. The first kappa shape index (κ1) is 16.6. The Morgan fingerprint density at radius 3 is 2.79 bits per heavy atom. The van der Waals surface area contributed by atoms with E-state index in [1.165, 1.54) is 6.07 Å². The highest BCUT2D eigenvalue weighted by atomic mass is 32.1.